The molecule has 0 aromatic heterocycles. The molecule has 0 saturated heterocycles. The normalized spacial score (nSPS) is 19.7. The van der Waals surface area contributed by atoms with Gasteiger partial charge in [0.05, 0.1) is 23.2 Å². The summed E-state index contributed by atoms with van der Waals surface area (Å²) in [6, 6.07) is 16.4. The van der Waals surface area contributed by atoms with E-state index in [4.69, 9.17) is 21.1 Å². The van der Waals surface area contributed by atoms with E-state index in [1.165, 1.54) is 13.2 Å². The van der Waals surface area contributed by atoms with Crippen molar-refractivity contribution in [2.45, 2.75) is 31.9 Å². The first-order valence-electron chi connectivity index (χ1n) is 11.8. The van der Waals surface area contributed by atoms with Gasteiger partial charge in [-0.25, -0.2) is 5.21 Å². The minimum Gasteiger partial charge on any atom is -0.595 e. The molecule has 2 aliphatic heterocycles. The Bertz CT molecular complexity index is 1420. The summed E-state index contributed by atoms with van der Waals surface area (Å²) in [7, 11) is 1.47. The van der Waals surface area contributed by atoms with Gasteiger partial charge in [-0.15, -0.1) is 0 Å². The Labute approximate surface area is 220 Å². The van der Waals surface area contributed by atoms with Crippen LogP contribution in [0.2, 0.25) is 5.02 Å². The second kappa shape index (κ2) is 9.08. The van der Waals surface area contributed by atoms with Gasteiger partial charge < -0.3 is 24.9 Å². The molecule has 0 bridgehead atoms. The second-order valence-electron chi connectivity index (χ2n) is 9.79. The molecule has 8 nitrogen and oxygen atoms in total. The lowest BCUT2D eigenvalue weighted by atomic mass is 9.76. The molecule has 2 heterocycles. The Balaban J connectivity index is 1.57. The first-order chi connectivity index (χ1) is 17.6. The molecular formula is C28H28ClN3O5. The highest BCUT2D eigenvalue weighted by molar-refractivity contribution is 6.33. The molecule has 9 heteroatoms. The number of nitrogens with zero attached hydrogens (tertiary/aromatic N) is 1. The maximum Gasteiger partial charge on any atom is 0.244 e. The number of carbonyl (C=O) groups is 1. The smallest absolute Gasteiger partial charge is 0.244 e. The Morgan fingerprint density at radius 1 is 1.22 bits per heavy atom. The van der Waals surface area contributed by atoms with Gasteiger partial charge in [0, 0.05) is 23.4 Å². The Hall–Kier alpha value is -3.56. The fourth-order valence-electron chi connectivity index (χ4n) is 5.21. The molecule has 0 fully saturated rings. The minimum atomic E-state index is -1.09. The molecule has 0 radical (unpaired) electrons. The van der Waals surface area contributed by atoms with Crippen molar-refractivity contribution in [2.24, 2.45) is 0 Å². The fourth-order valence-corrected chi connectivity index (χ4v) is 5.49. The number of anilines is 2. The van der Waals surface area contributed by atoms with Crippen LogP contribution in [0.1, 0.15) is 30.5 Å². The van der Waals surface area contributed by atoms with Crippen molar-refractivity contribution < 1.29 is 24.7 Å². The van der Waals surface area contributed by atoms with Crippen molar-refractivity contribution in [1.29, 1.82) is 0 Å². The number of ether oxygens (including phenoxy) is 2. The second-order valence-corrected chi connectivity index (χ2v) is 10.2. The number of amides is 1. The van der Waals surface area contributed by atoms with Gasteiger partial charge in [-0.05, 0) is 62.2 Å². The number of fused-ring (bicyclic) bond motifs is 2. The molecular weight excluding hydrogens is 494 g/mol. The van der Waals surface area contributed by atoms with E-state index >= 15 is 0 Å². The van der Waals surface area contributed by atoms with Gasteiger partial charge in [0.25, 0.3) is 0 Å². The summed E-state index contributed by atoms with van der Waals surface area (Å²) in [5.74, 6) is 0.470. The van der Waals surface area contributed by atoms with Crippen molar-refractivity contribution in [3.63, 3.8) is 0 Å². The number of para-hydroxylation sites is 1. The molecule has 1 spiro atoms. The quantitative estimate of drug-likeness (QED) is 0.424. The minimum absolute atomic E-state index is 0.0140. The highest BCUT2D eigenvalue weighted by atomic mass is 35.5. The number of nitrogens with one attached hydrogen (secondary N) is 2. The van der Waals surface area contributed by atoms with Gasteiger partial charge >= 0.3 is 0 Å². The largest absolute Gasteiger partial charge is 0.595 e. The lowest BCUT2D eigenvalue weighted by Crippen LogP contribution is -2.99. The number of rotatable bonds is 5. The van der Waals surface area contributed by atoms with Gasteiger partial charge in [-0.3, -0.25) is 4.79 Å². The number of hydrogen-bond donors (Lipinski definition) is 3. The maximum absolute atomic E-state index is 13.4. The van der Waals surface area contributed by atoms with E-state index in [2.05, 4.69) is 19.2 Å². The van der Waals surface area contributed by atoms with E-state index in [0.717, 1.165) is 16.8 Å². The molecule has 5 rings (SSSR count). The van der Waals surface area contributed by atoms with Gasteiger partial charge in [0.15, 0.2) is 17.2 Å². The van der Waals surface area contributed by atoms with Crippen LogP contribution in [0.25, 0.3) is 6.08 Å². The van der Waals surface area contributed by atoms with Gasteiger partial charge in [0.2, 0.25) is 11.6 Å². The van der Waals surface area contributed by atoms with Crippen molar-refractivity contribution in [2.75, 3.05) is 23.9 Å². The Morgan fingerprint density at radius 2 is 1.97 bits per heavy atom. The number of benzene rings is 3. The lowest BCUT2D eigenvalue weighted by molar-refractivity contribution is -0.991. The zero-order valence-electron chi connectivity index (χ0n) is 21.0. The third kappa shape index (κ3) is 4.02. The van der Waals surface area contributed by atoms with Crippen LogP contribution >= 0.6 is 11.6 Å². The monoisotopic (exact) mass is 521 g/mol. The maximum atomic E-state index is 13.4. The zero-order chi connectivity index (χ0) is 26.5. The molecule has 3 N–H and O–H groups in total. The standard InChI is InChI=1S/C28H28ClN3O5/c1-17-9-10-22(21(29)13-17)30-25(33)16-31-23-8-6-5-7-20(23)27(2,3)28(31)12-11-18-14-19(32(34)35)15-24(36-4)26(18)37-28/h5-15,32,34H,16H2,1-4H3,(H,30,33). The summed E-state index contributed by atoms with van der Waals surface area (Å²) >= 11 is 6.36. The topological polar surface area (TPSA) is 98.5 Å². The predicted octanol–water partition coefficient (Wildman–Crippen LogP) is 4.60. The lowest BCUT2D eigenvalue weighted by Gasteiger charge is -2.47. The van der Waals surface area contributed by atoms with Crippen LogP contribution < -0.4 is 24.9 Å². The average molecular weight is 522 g/mol. The SMILES string of the molecule is COc1cc([NH+]([O-])O)cc2c1OC1(C=C2)N(CC(=O)Nc2ccc(C)cc2Cl)c2ccccc2C1(C)C. The van der Waals surface area contributed by atoms with E-state index in [1.807, 2.05) is 54.3 Å². The van der Waals surface area contributed by atoms with Crippen LogP contribution in [0, 0.1) is 12.1 Å². The zero-order valence-corrected chi connectivity index (χ0v) is 21.7. The van der Waals surface area contributed by atoms with Gasteiger partial charge in [-0.2, -0.15) is 5.23 Å². The van der Waals surface area contributed by atoms with E-state index in [9.17, 15) is 15.2 Å². The Morgan fingerprint density at radius 3 is 2.68 bits per heavy atom. The highest BCUT2D eigenvalue weighted by Crippen LogP contribution is 2.56. The average Bonchev–Trinajstić information content (AvgIpc) is 3.03. The number of hydrogen-bond acceptors (Lipinski definition) is 6. The van der Waals surface area contributed by atoms with E-state index in [1.54, 1.807) is 18.2 Å². The predicted molar refractivity (Wildman–Crippen MR) is 143 cm³/mol. The summed E-state index contributed by atoms with van der Waals surface area (Å²) in [5.41, 5.74) is 2.43. The molecule has 0 saturated carbocycles. The molecule has 0 aliphatic carbocycles. The summed E-state index contributed by atoms with van der Waals surface area (Å²) in [5, 5.41) is 23.5. The van der Waals surface area contributed by atoms with Crippen LogP contribution in [0.3, 0.4) is 0 Å². The van der Waals surface area contributed by atoms with Crippen molar-refractivity contribution >= 4 is 40.6 Å². The van der Waals surface area contributed by atoms with Crippen LogP contribution in [0.5, 0.6) is 11.5 Å². The third-order valence-corrected chi connectivity index (χ3v) is 7.47. The van der Waals surface area contributed by atoms with Crippen LogP contribution in [-0.4, -0.2) is 30.5 Å². The summed E-state index contributed by atoms with van der Waals surface area (Å²) in [6.07, 6.45) is 3.73. The molecule has 1 amide bonds. The highest BCUT2D eigenvalue weighted by Gasteiger charge is 2.59. The van der Waals surface area contributed by atoms with Crippen molar-refractivity contribution in [3.8, 4) is 11.5 Å². The third-order valence-electron chi connectivity index (χ3n) is 7.16. The first kappa shape index (κ1) is 25.1. The first-order valence-corrected chi connectivity index (χ1v) is 12.2. The molecule has 192 valence electrons. The van der Waals surface area contributed by atoms with Crippen LogP contribution in [-0.2, 0) is 10.2 Å². The molecule has 2 aliphatic rings. The summed E-state index contributed by atoms with van der Waals surface area (Å²) in [4.78, 5) is 15.3. The van der Waals surface area contributed by atoms with E-state index in [-0.39, 0.29) is 18.1 Å². The fraction of sp³-hybridized carbons (Fsp3) is 0.250. The molecule has 2 unspecified atom stereocenters. The van der Waals surface area contributed by atoms with Gasteiger partial charge in [0.1, 0.15) is 6.54 Å². The number of aryl methyl sites for hydroxylation is 1. The molecule has 3 aromatic rings. The number of carbonyl (C=O) groups excluding carboxylic acids is 1. The summed E-state index contributed by atoms with van der Waals surface area (Å²) in [6.45, 7) is 6.05. The van der Waals surface area contributed by atoms with Crippen molar-refractivity contribution in [1.82, 2.24) is 0 Å². The summed E-state index contributed by atoms with van der Waals surface area (Å²) < 4.78 is 12.3. The number of quaternary nitrogens is 1. The Kier molecular flexibility index (Phi) is 6.16. The van der Waals surface area contributed by atoms with Gasteiger partial charge in [-0.1, -0.05) is 35.9 Å². The number of methoxy groups -OCH3 is 1. The molecule has 3 aromatic carbocycles. The van der Waals surface area contributed by atoms with E-state index in [0.29, 0.717) is 27.8 Å². The van der Waals surface area contributed by atoms with Crippen molar-refractivity contribution in [3.05, 3.63) is 87.6 Å². The van der Waals surface area contributed by atoms with E-state index < -0.39 is 16.4 Å². The van der Waals surface area contributed by atoms with Crippen LogP contribution in [0.15, 0.2) is 60.7 Å². The number of halogens is 1. The van der Waals surface area contributed by atoms with Crippen LogP contribution in [0.4, 0.5) is 17.1 Å². The molecule has 37 heavy (non-hydrogen) atoms. The molecule has 2 atom stereocenters.